The third-order valence-corrected chi connectivity index (χ3v) is 5.17. The number of hydrogen-bond donors (Lipinski definition) is 1. The van der Waals surface area contributed by atoms with Gasteiger partial charge in [0, 0.05) is 6.42 Å². The maximum absolute atomic E-state index is 10.9. The smallest absolute Gasteiger partial charge is 0.0688 e. The van der Waals surface area contributed by atoms with E-state index in [0.29, 0.717) is 21.9 Å². The van der Waals surface area contributed by atoms with Crippen LogP contribution in [0, 0.1) is 5.41 Å². The van der Waals surface area contributed by atoms with Gasteiger partial charge in [-0.2, -0.15) is 0 Å². The Bertz CT molecular complexity index is 456. The topological polar surface area (TPSA) is 20.2 Å². The normalized spacial score (nSPS) is 27.0. The predicted molar refractivity (Wildman–Crippen MR) is 82.0 cm³/mol. The molecule has 1 saturated carbocycles. The van der Waals surface area contributed by atoms with Crippen LogP contribution in [-0.4, -0.2) is 10.7 Å². The molecule has 0 radical (unpaired) electrons. The number of rotatable bonds is 2. The molecule has 1 fully saturated rings. The molecule has 19 heavy (non-hydrogen) atoms. The molecular formula is C16H22Cl2O. The molecule has 0 spiro atoms. The zero-order chi connectivity index (χ0) is 14.1. The van der Waals surface area contributed by atoms with Gasteiger partial charge in [-0.05, 0) is 42.7 Å². The van der Waals surface area contributed by atoms with Crippen LogP contribution in [0.5, 0.6) is 0 Å². The standard InChI is InChI=1S/C16H22Cl2O/c1-15(2)7-4-8-16(19,10-9-15)11-12-5-3-6-13(17)14(12)18/h3,5-6,19H,4,7-11H2,1-2H3. The lowest BCUT2D eigenvalue weighted by atomic mass is 9.83. The summed E-state index contributed by atoms with van der Waals surface area (Å²) in [6.07, 6.45) is 5.59. The van der Waals surface area contributed by atoms with Gasteiger partial charge in [0.2, 0.25) is 0 Å². The van der Waals surface area contributed by atoms with E-state index < -0.39 is 5.60 Å². The molecule has 0 amide bonds. The molecular weight excluding hydrogens is 279 g/mol. The summed E-state index contributed by atoms with van der Waals surface area (Å²) in [7, 11) is 0. The summed E-state index contributed by atoms with van der Waals surface area (Å²) < 4.78 is 0. The van der Waals surface area contributed by atoms with E-state index in [2.05, 4.69) is 13.8 Å². The fourth-order valence-electron chi connectivity index (χ4n) is 2.93. The molecule has 1 aromatic rings. The van der Waals surface area contributed by atoms with Gasteiger partial charge < -0.3 is 5.11 Å². The highest BCUT2D eigenvalue weighted by Gasteiger charge is 2.34. The van der Waals surface area contributed by atoms with Crippen LogP contribution < -0.4 is 0 Å². The van der Waals surface area contributed by atoms with Gasteiger partial charge in [0.1, 0.15) is 0 Å². The first-order chi connectivity index (χ1) is 8.81. The van der Waals surface area contributed by atoms with Crippen molar-refractivity contribution in [2.75, 3.05) is 0 Å². The van der Waals surface area contributed by atoms with Crippen molar-refractivity contribution in [3.8, 4) is 0 Å². The zero-order valence-electron chi connectivity index (χ0n) is 11.7. The summed E-state index contributed by atoms with van der Waals surface area (Å²) in [5.74, 6) is 0. The summed E-state index contributed by atoms with van der Waals surface area (Å²) in [5, 5.41) is 12.0. The molecule has 106 valence electrons. The average Bonchev–Trinajstić information content (AvgIpc) is 2.45. The van der Waals surface area contributed by atoms with Crippen molar-refractivity contribution in [1.29, 1.82) is 0 Å². The Morgan fingerprint density at radius 3 is 2.58 bits per heavy atom. The minimum absolute atomic E-state index is 0.336. The molecule has 0 aliphatic heterocycles. The van der Waals surface area contributed by atoms with Gasteiger partial charge in [-0.1, -0.05) is 55.6 Å². The Balaban J connectivity index is 2.15. The van der Waals surface area contributed by atoms with Crippen molar-refractivity contribution >= 4 is 23.2 Å². The van der Waals surface area contributed by atoms with Gasteiger partial charge in [-0.25, -0.2) is 0 Å². The molecule has 1 aliphatic carbocycles. The third-order valence-electron chi connectivity index (χ3n) is 4.31. The van der Waals surface area contributed by atoms with Crippen LogP contribution in [0.15, 0.2) is 18.2 Å². The highest BCUT2D eigenvalue weighted by Crippen LogP contribution is 2.40. The van der Waals surface area contributed by atoms with E-state index >= 15 is 0 Å². The van der Waals surface area contributed by atoms with Crippen LogP contribution in [0.1, 0.15) is 51.5 Å². The van der Waals surface area contributed by atoms with E-state index in [9.17, 15) is 5.11 Å². The quantitative estimate of drug-likeness (QED) is 0.739. The van der Waals surface area contributed by atoms with Gasteiger partial charge >= 0.3 is 0 Å². The first kappa shape index (κ1) is 15.2. The average molecular weight is 301 g/mol. The molecule has 1 aliphatic rings. The van der Waals surface area contributed by atoms with E-state index in [1.165, 1.54) is 6.42 Å². The van der Waals surface area contributed by atoms with Gasteiger partial charge in [-0.15, -0.1) is 0 Å². The molecule has 1 unspecified atom stereocenters. The third kappa shape index (κ3) is 3.87. The molecule has 1 aromatic carbocycles. The van der Waals surface area contributed by atoms with E-state index in [1.807, 2.05) is 12.1 Å². The van der Waals surface area contributed by atoms with Gasteiger partial charge in [0.25, 0.3) is 0 Å². The Hall–Kier alpha value is -0.240. The second-order valence-electron chi connectivity index (χ2n) is 6.63. The molecule has 0 aromatic heterocycles. The maximum Gasteiger partial charge on any atom is 0.0688 e. The van der Waals surface area contributed by atoms with Gasteiger partial charge in [0.15, 0.2) is 0 Å². The Kier molecular flexibility index (Phi) is 4.49. The van der Waals surface area contributed by atoms with Crippen molar-refractivity contribution in [2.45, 2.75) is 58.0 Å². The van der Waals surface area contributed by atoms with Crippen LogP contribution in [0.2, 0.25) is 10.0 Å². The number of hydrogen-bond acceptors (Lipinski definition) is 1. The van der Waals surface area contributed by atoms with Crippen molar-refractivity contribution in [1.82, 2.24) is 0 Å². The maximum atomic E-state index is 10.9. The summed E-state index contributed by atoms with van der Waals surface area (Å²) in [5.41, 5.74) is 0.654. The highest BCUT2D eigenvalue weighted by atomic mass is 35.5. The van der Waals surface area contributed by atoms with Gasteiger partial charge in [-0.3, -0.25) is 0 Å². The largest absolute Gasteiger partial charge is 0.390 e. The van der Waals surface area contributed by atoms with E-state index in [4.69, 9.17) is 23.2 Å². The number of halogens is 2. The van der Waals surface area contributed by atoms with Crippen LogP contribution >= 0.6 is 23.2 Å². The lowest BCUT2D eigenvalue weighted by molar-refractivity contribution is 0.0226. The monoisotopic (exact) mass is 300 g/mol. The fraction of sp³-hybridized carbons (Fsp3) is 0.625. The predicted octanol–water partition coefficient (Wildman–Crippen LogP) is 5.26. The van der Waals surface area contributed by atoms with Gasteiger partial charge in [0.05, 0.1) is 15.6 Å². The van der Waals surface area contributed by atoms with E-state index in [1.54, 1.807) is 6.07 Å². The molecule has 1 nitrogen and oxygen atoms in total. The van der Waals surface area contributed by atoms with Crippen LogP contribution in [0.3, 0.4) is 0 Å². The summed E-state index contributed by atoms with van der Waals surface area (Å²) in [6, 6.07) is 5.64. The van der Waals surface area contributed by atoms with Crippen LogP contribution in [-0.2, 0) is 6.42 Å². The lowest BCUT2D eigenvalue weighted by Gasteiger charge is -2.28. The van der Waals surface area contributed by atoms with Crippen molar-refractivity contribution < 1.29 is 5.11 Å². The first-order valence-electron chi connectivity index (χ1n) is 6.97. The summed E-state index contributed by atoms with van der Waals surface area (Å²) in [6.45, 7) is 4.57. The molecule has 1 atom stereocenters. The molecule has 0 saturated heterocycles. The molecule has 1 N–H and O–H groups in total. The SMILES string of the molecule is CC1(C)CCCC(O)(Cc2cccc(Cl)c2Cl)CC1. The molecule has 3 heteroatoms. The van der Waals surface area contributed by atoms with Crippen LogP contribution in [0.4, 0.5) is 0 Å². The zero-order valence-corrected chi connectivity index (χ0v) is 13.2. The van der Waals surface area contributed by atoms with E-state index in [0.717, 1.165) is 31.2 Å². The Morgan fingerprint density at radius 1 is 1.11 bits per heavy atom. The van der Waals surface area contributed by atoms with E-state index in [-0.39, 0.29) is 0 Å². The lowest BCUT2D eigenvalue weighted by Crippen LogP contribution is -2.31. The van der Waals surface area contributed by atoms with Crippen molar-refractivity contribution in [3.05, 3.63) is 33.8 Å². The van der Waals surface area contributed by atoms with Crippen LogP contribution in [0.25, 0.3) is 0 Å². The second-order valence-corrected chi connectivity index (χ2v) is 7.42. The molecule has 2 rings (SSSR count). The second kappa shape index (κ2) is 5.63. The fourth-order valence-corrected chi connectivity index (χ4v) is 3.32. The molecule has 0 bridgehead atoms. The van der Waals surface area contributed by atoms with Crippen molar-refractivity contribution in [2.24, 2.45) is 5.41 Å². The highest BCUT2D eigenvalue weighted by molar-refractivity contribution is 6.42. The first-order valence-corrected chi connectivity index (χ1v) is 7.72. The van der Waals surface area contributed by atoms with Crippen molar-refractivity contribution in [3.63, 3.8) is 0 Å². The molecule has 0 heterocycles. The minimum Gasteiger partial charge on any atom is -0.390 e. The Morgan fingerprint density at radius 2 is 1.84 bits per heavy atom. The number of aliphatic hydroxyl groups is 1. The summed E-state index contributed by atoms with van der Waals surface area (Å²) in [4.78, 5) is 0. The Labute approximate surface area is 125 Å². The minimum atomic E-state index is -0.637. The number of benzene rings is 1. The summed E-state index contributed by atoms with van der Waals surface area (Å²) >= 11 is 12.3.